The van der Waals surface area contributed by atoms with E-state index in [-0.39, 0.29) is 12.1 Å². The highest BCUT2D eigenvalue weighted by Gasteiger charge is 2.10. The summed E-state index contributed by atoms with van der Waals surface area (Å²) in [6, 6.07) is 7.10. The number of hydrogen-bond donors (Lipinski definition) is 3. The van der Waals surface area contributed by atoms with Crippen LogP contribution in [0.25, 0.3) is 10.9 Å². The highest BCUT2D eigenvalue weighted by Crippen LogP contribution is 2.12. The van der Waals surface area contributed by atoms with E-state index in [4.69, 9.17) is 0 Å². The van der Waals surface area contributed by atoms with Crippen molar-refractivity contribution < 1.29 is 5.11 Å². The van der Waals surface area contributed by atoms with Gasteiger partial charge in [0.05, 0.1) is 23.2 Å². The van der Waals surface area contributed by atoms with Crippen molar-refractivity contribution in [1.29, 1.82) is 0 Å². The third-order valence-corrected chi connectivity index (χ3v) is 3.19. The summed E-state index contributed by atoms with van der Waals surface area (Å²) in [5.74, 6) is 0.335. The van der Waals surface area contributed by atoms with E-state index in [0.29, 0.717) is 22.4 Å². The van der Waals surface area contributed by atoms with Gasteiger partial charge in [-0.15, -0.1) is 0 Å². The molecule has 1 aromatic carbocycles. The highest BCUT2D eigenvalue weighted by atomic mass is 16.3. The predicted molar refractivity (Wildman–Crippen MR) is 79.0 cm³/mol. The largest absolute Gasteiger partial charge is 0.386 e. The van der Waals surface area contributed by atoms with Crippen LogP contribution in [0.5, 0.6) is 0 Å². The van der Waals surface area contributed by atoms with E-state index in [1.54, 1.807) is 42.3 Å². The van der Waals surface area contributed by atoms with E-state index in [0.717, 1.165) is 0 Å². The van der Waals surface area contributed by atoms with Gasteiger partial charge >= 0.3 is 0 Å². The Balaban J connectivity index is 1.77. The van der Waals surface area contributed by atoms with Crippen LogP contribution in [-0.4, -0.2) is 31.4 Å². The van der Waals surface area contributed by atoms with Crippen LogP contribution in [0.4, 0.5) is 5.95 Å². The van der Waals surface area contributed by atoms with E-state index < -0.39 is 6.10 Å². The maximum atomic E-state index is 11.9. The van der Waals surface area contributed by atoms with Gasteiger partial charge in [-0.05, 0) is 12.1 Å². The summed E-state index contributed by atoms with van der Waals surface area (Å²) in [5.41, 5.74) is 1.10. The SMILES string of the molecule is Cn1cc(C(O)CNc2nc3ccccc3c(=O)[nH]2)cn1. The first-order chi connectivity index (χ1) is 10.1. The van der Waals surface area contributed by atoms with Gasteiger partial charge in [0, 0.05) is 25.4 Å². The number of rotatable bonds is 4. The first-order valence-corrected chi connectivity index (χ1v) is 6.53. The van der Waals surface area contributed by atoms with Crippen molar-refractivity contribution in [1.82, 2.24) is 19.7 Å². The monoisotopic (exact) mass is 285 g/mol. The van der Waals surface area contributed by atoms with E-state index in [1.807, 2.05) is 6.07 Å². The summed E-state index contributed by atoms with van der Waals surface area (Å²) in [6.45, 7) is 0.229. The number of aryl methyl sites for hydroxylation is 1. The summed E-state index contributed by atoms with van der Waals surface area (Å²) in [4.78, 5) is 18.9. The van der Waals surface area contributed by atoms with Gasteiger partial charge in [-0.25, -0.2) is 4.98 Å². The van der Waals surface area contributed by atoms with Gasteiger partial charge in [-0.1, -0.05) is 12.1 Å². The minimum Gasteiger partial charge on any atom is -0.386 e. The Labute approximate surface area is 120 Å². The number of aliphatic hydroxyl groups excluding tert-OH is 1. The molecule has 0 spiro atoms. The fourth-order valence-electron chi connectivity index (χ4n) is 2.09. The second-order valence-corrected chi connectivity index (χ2v) is 4.78. The molecule has 0 aliphatic carbocycles. The lowest BCUT2D eigenvalue weighted by molar-refractivity contribution is 0.191. The molecule has 0 aliphatic rings. The first-order valence-electron chi connectivity index (χ1n) is 6.53. The molecule has 0 saturated heterocycles. The van der Waals surface area contributed by atoms with E-state index in [2.05, 4.69) is 20.4 Å². The second-order valence-electron chi connectivity index (χ2n) is 4.78. The minimum atomic E-state index is -0.726. The average molecular weight is 285 g/mol. The Hall–Kier alpha value is -2.67. The van der Waals surface area contributed by atoms with Gasteiger partial charge in [-0.2, -0.15) is 5.10 Å². The molecule has 0 radical (unpaired) electrons. The van der Waals surface area contributed by atoms with Gasteiger partial charge in [0.2, 0.25) is 5.95 Å². The molecule has 1 atom stereocenters. The van der Waals surface area contributed by atoms with Crippen LogP contribution >= 0.6 is 0 Å². The molecule has 3 aromatic rings. The minimum absolute atomic E-state index is 0.209. The van der Waals surface area contributed by atoms with Crippen LogP contribution in [0, 0.1) is 0 Å². The molecule has 2 aromatic heterocycles. The third kappa shape index (κ3) is 2.77. The summed E-state index contributed by atoms with van der Waals surface area (Å²) in [7, 11) is 1.78. The van der Waals surface area contributed by atoms with Crippen molar-refractivity contribution in [2.45, 2.75) is 6.10 Å². The molecule has 0 amide bonds. The second kappa shape index (κ2) is 5.37. The molecule has 3 N–H and O–H groups in total. The number of fused-ring (bicyclic) bond motifs is 1. The molecule has 7 heteroatoms. The molecule has 1 unspecified atom stereocenters. The highest BCUT2D eigenvalue weighted by molar-refractivity contribution is 5.78. The molecule has 2 heterocycles. The van der Waals surface area contributed by atoms with Gasteiger partial charge < -0.3 is 10.4 Å². The van der Waals surface area contributed by atoms with Gasteiger partial charge in [0.1, 0.15) is 0 Å². The average Bonchev–Trinajstić information content (AvgIpc) is 2.91. The standard InChI is InChI=1S/C14H15N5O2/c1-19-8-9(6-16-19)12(20)7-15-14-17-11-5-3-2-4-10(11)13(21)18-14/h2-6,8,12,20H,7H2,1H3,(H2,15,17,18,21). The summed E-state index contributed by atoms with van der Waals surface area (Å²) < 4.78 is 1.62. The number of aromatic nitrogens is 4. The van der Waals surface area contributed by atoms with Gasteiger partial charge in [0.25, 0.3) is 5.56 Å². The first kappa shape index (κ1) is 13.3. The Bertz CT molecular complexity index is 823. The summed E-state index contributed by atoms with van der Waals surface area (Å²) in [6.07, 6.45) is 2.61. The summed E-state index contributed by atoms with van der Waals surface area (Å²) in [5, 5.41) is 17.5. The zero-order valence-corrected chi connectivity index (χ0v) is 11.4. The van der Waals surface area contributed by atoms with Crippen molar-refractivity contribution in [3.8, 4) is 0 Å². The van der Waals surface area contributed by atoms with Crippen LogP contribution in [0.15, 0.2) is 41.5 Å². The third-order valence-electron chi connectivity index (χ3n) is 3.19. The van der Waals surface area contributed by atoms with Crippen LogP contribution in [0.1, 0.15) is 11.7 Å². The van der Waals surface area contributed by atoms with Crippen molar-refractivity contribution >= 4 is 16.9 Å². The van der Waals surface area contributed by atoms with E-state index in [1.165, 1.54) is 0 Å². The van der Waals surface area contributed by atoms with Gasteiger partial charge in [-0.3, -0.25) is 14.5 Å². The summed E-state index contributed by atoms with van der Waals surface area (Å²) >= 11 is 0. The number of para-hydroxylation sites is 1. The van der Waals surface area contributed by atoms with Crippen molar-refractivity contribution in [2.24, 2.45) is 7.05 Å². The van der Waals surface area contributed by atoms with Crippen molar-refractivity contribution in [2.75, 3.05) is 11.9 Å². The number of nitrogens with zero attached hydrogens (tertiary/aromatic N) is 3. The Morgan fingerprint density at radius 3 is 3.00 bits per heavy atom. The van der Waals surface area contributed by atoms with Crippen LogP contribution < -0.4 is 10.9 Å². The van der Waals surface area contributed by atoms with Crippen molar-refractivity contribution in [3.05, 3.63) is 52.6 Å². The van der Waals surface area contributed by atoms with E-state index >= 15 is 0 Å². The zero-order valence-electron chi connectivity index (χ0n) is 11.4. The fourth-order valence-corrected chi connectivity index (χ4v) is 2.09. The number of benzene rings is 1. The molecular formula is C14H15N5O2. The fraction of sp³-hybridized carbons (Fsp3) is 0.214. The molecule has 7 nitrogen and oxygen atoms in total. The predicted octanol–water partition coefficient (Wildman–Crippen LogP) is 0.802. The molecule has 0 fully saturated rings. The van der Waals surface area contributed by atoms with Crippen LogP contribution in [0.3, 0.4) is 0 Å². The lowest BCUT2D eigenvalue weighted by atomic mass is 10.2. The normalized spacial score (nSPS) is 12.5. The number of H-pyrrole nitrogens is 1. The zero-order chi connectivity index (χ0) is 14.8. The molecule has 108 valence electrons. The molecule has 21 heavy (non-hydrogen) atoms. The Kier molecular flexibility index (Phi) is 3.41. The quantitative estimate of drug-likeness (QED) is 0.659. The Morgan fingerprint density at radius 1 is 1.43 bits per heavy atom. The topological polar surface area (TPSA) is 95.8 Å². The number of aromatic amines is 1. The van der Waals surface area contributed by atoms with E-state index in [9.17, 15) is 9.90 Å². The van der Waals surface area contributed by atoms with Crippen LogP contribution in [-0.2, 0) is 7.05 Å². The van der Waals surface area contributed by atoms with Crippen LogP contribution in [0.2, 0.25) is 0 Å². The lowest BCUT2D eigenvalue weighted by Gasteiger charge is -2.10. The molecule has 0 aliphatic heterocycles. The smallest absolute Gasteiger partial charge is 0.260 e. The molecule has 0 bridgehead atoms. The number of anilines is 1. The molecule has 0 saturated carbocycles. The lowest BCUT2D eigenvalue weighted by Crippen LogP contribution is -2.17. The maximum Gasteiger partial charge on any atom is 0.260 e. The molecule has 3 rings (SSSR count). The van der Waals surface area contributed by atoms with Crippen molar-refractivity contribution in [3.63, 3.8) is 0 Å². The number of aliphatic hydroxyl groups is 1. The molecular weight excluding hydrogens is 270 g/mol. The van der Waals surface area contributed by atoms with Gasteiger partial charge in [0.15, 0.2) is 0 Å². The Morgan fingerprint density at radius 2 is 2.24 bits per heavy atom. The number of nitrogens with one attached hydrogen (secondary N) is 2. The number of hydrogen-bond acceptors (Lipinski definition) is 5. The maximum absolute atomic E-state index is 11.9.